The van der Waals surface area contributed by atoms with Crippen LogP contribution in [0.1, 0.15) is 42.5 Å². The Bertz CT molecular complexity index is 695. The summed E-state index contributed by atoms with van der Waals surface area (Å²) in [4.78, 5) is 29.5. The lowest BCUT2D eigenvalue weighted by molar-refractivity contribution is -0.137. The zero-order valence-electron chi connectivity index (χ0n) is 13.5. The van der Waals surface area contributed by atoms with Gasteiger partial charge in [0.05, 0.1) is 6.33 Å². The summed E-state index contributed by atoms with van der Waals surface area (Å²) in [5.74, 6) is -0.820. The number of aliphatic carboxylic acids is 1. The SMILES string of the molecule is O=C(O)CCC1CCCCN1C(=O)c1ccc(-n2ccnc2)cc1. The number of carbonyl (C=O) groups is 2. The normalized spacial score (nSPS) is 17.7. The molecule has 0 spiro atoms. The molecule has 1 N–H and O–H groups in total. The summed E-state index contributed by atoms with van der Waals surface area (Å²) < 4.78 is 1.88. The number of hydrogen-bond donors (Lipinski definition) is 1. The molecule has 126 valence electrons. The number of rotatable bonds is 5. The van der Waals surface area contributed by atoms with E-state index in [1.165, 1.54) is 0 Å². The quantitative estimate of drug-likeness (QED) is 0.916. The van der Waals surface area contributed by atoms with E-state index < -0.39 is 5.97 Å². The Kier molecular flexibility index (Phi) is 4.93. The van der Waals surface area contributed by atoms with E-state index in [0.717, 1.165) is 24.9 Å². The molecule has 24 heavy (non-hydrogen) atoms. The van der Waals surface area contributed by atoms with Crippen LogP contribution in [-0.4, -0.2) is 44.0 Å². The van der Waals surface area contributed by atoms with E-state index in [1.54, 1.807) is 12.5 Å². The molecule has 1 atom stereocenters. The largest absolute Gasteiger partial charge is 0.481 e. The van der Waals surface area contributed by atoms with Crippen LogP contribution in [0, 0.1) is 0 Å². The topological polar surface area (TPSA) is 75.4 Å². The fourth-order valence-electron chi connectivity index (χ4n) is 3.21. The molecule has 0 aliphatic carbocycles. The lowest BCUT2D eigenvalue weighted by atomic mass is 9.97. The van der Waals surface area contributed by atoms with Crippen molar-refractivity contribution in [2.75, 3.05) is 6.54 Å². The van der Waals surface area contributed by atoms with Crippen LogP contribution in [0.5, 0.6) is 0 Å². The maximum absolute atomic E-state index is 12.8. The van der Waals surface area contributed by atoms with Gasteiger partial charge in [-0.25, -0.2) is 4.98 Å². The van der Waals surface area contributed by atoms with E-state index in [2.05, 4.69) is 4.98 Å². The van der Waals surface area contributed by atoms with Crippen molar-refractivity contribution in [3.8, 4) is 5.69 Å². The molecule has 1 saturated heterocycles. The number of likely N-dealkylation sites (tertiary alicyclic amines) is 1. The molecule has 1 aromatic heterocycles. The first-order valence-electron chi connectivity index (χ1n) is 8.26. The highest BCUT2D eigenvalue weighted by molar-refractivity contribution is 5.94. The highest BCUT2D eigenvalue weighted by Crippen LogP contribution is 2.23. The second kappa shape index (κ2) is 7.29. The van der Waals surface area contributed by atoms with E-state index >= 15 is 0 Å². The fourth-order valence-corrected chi connectivity index (χ4v) is 3.21. The van der Waals surface area contributed by atoms with Gasteiger partial charge in [-0.15, -0.1) is 0 Å². The van der Waals surface area contributed by atoms with Gasteiger partial charge in [0.25, 0.3) is 5.91 Å². The molecule has 0 bridgehead atoms. The monoisotopic (exact) mass is 327 g/mol. The van der Waals surface area contributed by atoms with E-state index in [1.807, 2.05) is 39.9 Å². The van der Waals surface area contributed by atoms with Crippen molar-refractivity contribution in [3.05, 3.63) is 48.5 Å². The highest BCUT2D eigenvalue weighted by Gasteiger charge is 2.27. The minimum atomic E-state index is -0.808. The Morgan fingerprint density at radius 1 is 1.21 bits per heavy atom. The summed E-state index contributed by atoms with van der Waals surface area (Å²) in [5, 5.41) is 8.90. The van der Waals surface area contributed by atoms with Gasteiger partial charge in [-0.05, 0) is 49.9 Å². The van der Waals surface area contributed by atoms with Crippen LogP contribution >= 0.6 is 0 Å². The van der Waals surface area contributed by atoms with Gasteiger partial charge in [0.2, 0.25) is 0 Å². The van der Waals surface area contributed by atoms with Crippen LogP contribution in [0.2, 0.25) is 0 Å². The molecule has 6 heteroatoms. The third-order valence-corrected chi connectivity index (χ3v) is 4.50. The van der Waals surface area contributed by atoms with Gasteiger partial charge in [-0.3, -0.25) is 9.59 Å². The molecule has 1 fully saturated rings. The van der Waals surface area contributed by atoms with Crippen molar-refractivity contribution in [2.45, 2.75) is 38.1 Å². The summed E-state index contributed by atoms with van der Waals surface area (Å²) in [6.07, 6.45) is 8.80. The van der Waals surface area contributed by atoms with Crippen LogP contribution in [-0.2, 0) is 4.79 Å². The molecule has 1 aromatic carbocycles. The minimum absolute atomic E-state index is 0.0118. The Balaban J connectivity index is 1.72. The Morgan fingerprint density at radius 2 is 2.00 bits per heavy atom. The molecule has 1 aliphatic rings. The van der Waals surface area contributed by atoms with Crippen molar-refractivity contribution in [1.29, 1.82) is 0 Å². The average Bonchev–Trinajstić information content (AvgIpc) is 3.14. The van der Waals surface area contributed by atoms with E-state index in [0.29, 0.717) is 18.5 Å². The van der Waals surface area contributed by atoms with Crippen LogP contribution in [0.3, 0.4) is 0 Å². The lowest BCUT2D eigenvalue weighted by Gasteiger charge is -2.35. The van der Waals surface area contributed by atoms with Crippen molar-refractivity contribution in [1.82, 2.24) is 14.5 Å². The van der Waals surface area contributed by atoms with Crippen LogP contribution in [0.25, 0.3) is 5.69 Å². The molecule has 6 nitrogen and oxygen atoms in total. The van der Waals surface area contributed by atoms with Crippen LogP contribution < -0.4 is 0 Å². The predicted octanol–water partition coefficient (Wildman–Crippen LogP) is 2.73. The van der Waals surface area contributed by atoms with Gasteiger partial charge < -0.3 is 14.6 Å². The first kappa shape index (κ1) is 16.2. The molecule has 1 aliphatic heterocycles. The summed E-state index contributed by atoms with van der Waals surface area (Å²) in [6, 6.07) is 7.45. The smallest absolute Gasteiger partial charge is 0.303 e. The summed E-state index contributed by atoms with van der Waals surface area (Å²) >= 11 is 0. The van der Waals surface area contributed by atoms with E-state index in [-0.39, 0.29) is 18.4 Å². The number of imidazole rings is 1. The van der Waals surface area contributed by atoms with Crippen molar-refractivity contribution in [2.24, 2.45) is 0 Å². The second-order valence-electron chi connectivity index (χ2n) is 6.10. The number of carboxylic acid groups (broad SMARTS) is 1. The van der Waals surface area contributed by atoms with Gasteiger partial charge in [-0.1, -0.05) is 0 Å². The summed E-state index contributed by atoms with van der Waals surface area (Å²) in [6.45, 7) is 0.701. The molecular formula is C18H21N3O3. The first-order chi connectivity index (χ1) is 11.6. The van der Waals surface area contributed by atoms with Gasteiger partial charge in [0.1, 0.15) is 0 Å². The van der Waals surface area contributed by atoms with Gasteiger partial charge in [-0.2, -0.15) is 0 Å². The van der Waals surface area contributed by atoms with Crippen molar-refractivity contribution >= 4 is 11.9 Å². The fraction of sp³-hybridized carbons (Fsp3) is 0.389. The van der Waals surface area contributed by atoms with Gasteiger partial charge in [0, 0.05) is 42.7 Å². The molecule has 1 amide bonds. The number of carbonyl (C=O) groups excluding carboxylic acids is 1. The molecule has 2 aromatic rings. The molecule has 2 heterocycles. The van der Waals surface area contributed by atoms with Crippen LogP contribution in [0.15, 0.2) is 43.0 Å². The molecule has 0 saturated carbocycles. The Hall–Kier alpha value is -2.63. The number of benzene rings is 1. The molecule has 0 radical (unpaired) electrons. The lowest BCUT2D eigenvalue weighted by Crippen LogP contribution is -2.43. The molecule has 3 rings (SSSR count). The number of hydrogen-bond acceptors (Lipinski definition) is 3. The standard InChI is InChI=1S/C18H21N3O3/c22-17(23)9-8-16-3-1-2-11-21(16)18(24)14-4-6-15(7-5-14)20-12-10-19-13-20/h4-7,10,12-13,16H,1-3,8-9,11H2,(H,22,23). The summed E-state index contributed by atoms with van der Waals surface area (Å²) in [7, 11) is 0. The maximum atomic E-state index is 12.8. The number of amides is 1. The summed E-state index contributed by atoms with van der Waals surface area (Å²) in [5.41, 5.74) is 1.59. The third-order valence-electron chi connectivity index (χ3n) is 4.50. The minimum Gasteiger partial charge on any atom is -0.481 e. The van der Waals surface area contributed by atoms with Gasteiger partial charge >= 0.3 is 5.97 Å². The zero-order chi connectivity index (χ0) is 16.9. The third kappa shape index (κ3) is 3.64. The predicted molar refractivity (Wildman–Crippen MR) is 89.1 cm³/mol. The Morgan fingerprint density at radius 3 is 2.67 bits per heavy atom. The average molecular weight is 327 g/mol. The number of piperidine rings is 1. The number of aromatic nitrogens is 2. The van der Waals surface area contributed by atoms with Crippen molar-refractivity contribution < 1.29 is 14.7 Å². The zero-order valence-corrected chi connectivity index (χ0v) is 13.5. The number of nitrogens with zero attached hydrogens (tertiary/aromatic N) is 3. The molecular weight excluding hydrogens is 306 g/mol. The van der Waals surface area contributed by atoms with Crippen LogP contribution in [0.4, 0.5) is 0 Å². The van der Waals surface area contributed by atoms with Crippen molar-refractivity contribution in [3.63, 3.8) is 0 Å². The Labute approximate surface area is 140 Å². The van der Waals surface area contributed by atoms with Gasteiger partial charge in [0.15, 0.2) is 0 Å². The molecule has 1 unspecified atom stereocenters. The highest BCUT2D eigenvalue weighted by atomic mass is 16.4. The maximum Gasteiger partial charge on any atom is 0.303 e. The van der Waals surface area contributed by atoms with E-state index in [4.69, 9.17) is 5.11 Å². The number of carboxylic acids is 1. The first-order valence-corrected chi connectivity index (χ1v) is 8.26. The van der Waals surface area contributed by atoms with E-state index in [9.17, 15) is 9.59 Å². The second-order valence-corrected chi connectivity index (χ2v) is 6.10.